The molecular weight excluding hydrogens is 622 g/mol. The summed E-state index contributed by atoms with van der Waals surface area (Å²) >= 11 is 1.57. The standard InChI is InChI=1S/C17H15FN4O2.C17H13FN4S/c18-14-3-1-2-11(8-14)4-7-16(23)21-22-17(24)12-5-6-15-13(9-12)10-19-20-15;18-14-3-1-2-11(8-14)4-7-16-21-22-17(23-16)12-5-6-15-13(9-12)10-19-20-15/h1-3,5-6,8-10H,4,7H2,(H,19,20)(H,21,23)(H,22,24);1-3,5-6,8-10H,4,7H2,(H,19,20). The first-order valence-corrected chi connectivity index (χ1v) is 15.5. The summed E-state index contributed by atoms with van der Waals surface area (Å²) in [6.07, 6.45) is 5.46. The van der Waals surface area contributed by atoms with Crippen LogP contribution in [0.4, 0.5) is 8.78 Å². The third-order valence-corrected chi connectivity index (χ3v) is 8.25. The molecule has 13 heteroatoms. The van der Waals surface area contributed by atoms with Crippen LogP contribution in [0.1, 0.15) is 32.9 Å². The molecule has 0 aliphatic rings. The van der Waals surface area contributed by atoms with E-state index >= 15 is 0 Å². The van der Waals surface area contributed by atoms with Crippen LogP contribution in [0.15, 0.2) is 97.3 Å². The first-order chi connectivity index (χ1) is 22.9. The highest BCUT2D eigenvalue weighted by Crippen LogP contribution is 2.27. The minimum Gasteiger partial charge on any atom is -0.278 e. The van der Waals surface area contributed by atoms with Crippen LogP contribution in [0.2, 0.25) is 0 Å². The van der Waals surface area contributed by atoms with E-state index in [1.54, 1.807) is 66.2 Å². The molecule has 3 aromatic heterocycles. The Hall–Kier alpha value is -5.82. The van der Waals surface area contributed by atoms with E-state index in [1.165, 1.54) is 18.2 Å². The van der Waals surface area contributed by atoms with Crippen molar-refractivity contribution in [1.82, 2.24) is 41.4 Å². The molecule has 0 unspecified atom stereocenters. The molecule has 0 aliphatic heterocycles. The number of benzene rings is 4. The van der Waals surface area contributed by atoms with E-state index in [-0.39, 0.29) is 24.0 Å². The highest BCUT2D eigenvalue weighted by molar-refractivity contribution is 7.14. The molecule has 2 amide bonds. The van der Waals surface area contributed by atoms with Gasteiger partial charge in [0, 0.05) is 34.7 Å². The van der Waals surface area contributed by atoms with Crippen LogP contribution in [0, 0.1) is 11.6 Å². The summed E-state index contributed by atoms with van der Waals surface area (Å²) < 4.78 is 26.2. The van der Waals surface area contributed by atoms with Crippen LogP contribution in [0.3, 0.4) is 0 Å². The Kier molecular flexibility index (Phi) is 9.63. The minimum absolute atomic E-state index is 0.143. The van der Waals surface area contributed by atoms with Gasteiger partial charge in [0.25, 0.3) is 5.91 Å². The van der Waals surface area contributed by atoms with Crippen LogP contribution in [-0.2, 0) is 24.1 Å². The Bertz CT molecular complexity index is 2160. The summed E-state index contributed by atoms with van der Waals surface area (Å²) in [5.41, 5.74) is 9.69. The molecule has 0 spiro atoms. The van der Waals surface area contributed by atoms with E-state index in [9.17, 15) is 18.4 Å². The molecule has 10 nitrogen and oxygen atoms in total. The first kappa shape index (κ1) is 31.2. The lowest BCUT2D eigenvalue weighted by atomic mass is 10.1. The Morgan fingerprint density at radius 2 is 1.36 bits per heavy atom. The molecule has 3 heterocycles. The summed E-state index contributed by atoms with van der Waals surface area (Å²) in [6, 6.07) is 23.9. The number of aromatic nitrogens is 6. The molecule has 7 aromatic rings. The molecule has 0 radical (unpaired) electrons. The Morgan fingerprint density at radius 1 is 0.702 bits per heavy atom. The van der Waals surface area contributed by atoms with Gasteiger partial charge in [0.2, 0.25) is 5.91 Å². The lowest BCUT2D eigenvalue weighted by Crippen LogP contribution is -2.41. The summed E-state index contributed by atoms with van der Waals surface area (Å²) in [6.45, 7) is 0. The molecule has 0 saturated carbocycles. The zero-order valence-electron chi connectivity index (χ0n) is 24.8. The third kappa shape index (κ3) is 8.27. The van der Waals surface area contributed by atoms with Gasteiger partial charge in [-0.1, -0.05) is 35.6 Å². The van der Waals surface area contributed by atoms with Crippen LogP contribution >= 0.6 is 11.3 Å². The van der Waals surface area contributed by atoms with Gasteiger partial charge in [-0.15, -0.1) is 10.2 Å². The quantitative estimate of drug-likeness (QED) is 0.147. The van der Waals surface area contributed by atoms with Crippen molar-refractivity contribution < 1.29 is 18.4 Å². The van der Waals surface area contributed by atoms with Crippen molar-refractivity contribution >= 4 is 45.0 Å². The van der Waals surface area contributed by atoms with Crippen molar-refractivity contribution in [3.63, 3.8) is 0 Å². The molecule has 0 fully saturated rings. The van der Waals surface area contributed by atoms with Gasteiger partial charge < -0.3 is 0 Å². The predicted octanol–water partition coefficient (Wildman–Crippen LogP) is 6.10. The molecule has 0 atom stereocenters. The summed E-state index contributed by atoms with van der Waals surface area (Å²) in [7, 11) is 0. The molecule has 0 aliphatic carbocycles. The van der Waals surface area contributed by atoms with Gasteiger partial charge >= 0.3 is 0 Å². The Balaban J connectivity index is 0.000000164. The monoisotopic (exact) mass is 650 g/mol. The SMILES string of the molecule is Fc1cccc(CCc2nnc(-c3ccc4[nH]ncc4c3)s2)c1.O=C(CCc1cccc(F)c1)NNC(=O)c1ccc2[nH]ncc2c1. The number of hydrogen-bond acceptors (Lipinski definition) is 7. The largest absolute Gasteiger partial charge is 0.278 e. The van der Waals surface area contributed by atoms with Crippen molar-refractivity contribution in [2.75, 3.05) is 0 Å². The fourth-order valence-electron chi connectivity index (χ4n) is 4.79. The number of hydrazine groups is 1. The fraction of sp³-hybridized carbons (Fsp3) is 0.118. The molecular formula is C34H28F2N8O2S. The van der Waals surface area contributed by atoms with Gasteiger partial charge in [0.05, 0.1) is 23.4 Å². The van der Waals surface area contributed by atoms with E-state index in [1.807, 2.05) is 18.2 Å². The van der Waals surface area contributed by atoms with Crippen molar-refractivity contribution in [2.45, 2.75) is 25.7 Å². The average Bonchev–Trinajstić information content (AvgIpc) is 3.86. The van der Waals surface area contributed by atoms with Gasteiger partial charge in [-0.3, -0.25) is 30.6 Å². The molecule has 236 valence electrons. The van der Waals surface area contributed by atoms with Crippen molar-refractivity contribution in [1.29, 1.82) is 0 Å². The second-order valence-electron chi connectivity index (χ2n) is 10.6. The zero-order chi connectivity index (χ0) is 32.6. The van der Waals surface area contributed by atoms with Gasteiger partial charge in [0.1, 0.15) is 21.6 Å². The summed E-state index contributed by atoms with van der Waals surface area (Å²) in [4.78, 5) is 23.8. The van der Waals surface area contributed by atoms with Crippen LogP contribution in [-0.4, -0.2) is 42.4 Å². The number of carbonyl (C=O) groups excluding carboxylic acids is 2. The Morgan fingerprint density at radius 3 is 2.06 bits per heavy atom. The first-order valence-electron chi connectivity index (χ1n) is 14.7. The lowest BCUT2D eigenvalue weighted by molar-refractivity contribution is -0.121. The Labute approximate surface area is 271 Å². The molecule has 0 saturated heterocycles. The van der Waals surface area contributed by atoms with Crippen LogP contribution in [0.25, 0.3) is 32.4 Å². The number of nitrogens with one attached hydrogen (secondary N) is 4. The van der Waals surface area contributed by atoms with Gasteiger partial charge in [-0.25, -0.2) is 8.78 Å². The molecule has 47 heavy (non-hydrogen) atoms. The van der Waals surface area contributed by atoms with E-state index in [4.69, 9.17) is 0 Å². The van der Waals surface area contributed by atoms with Crippen molar-refractivity contribution in [3.8, 4) is 10.6 Å². The second-order valence-corrected chi connectivity index (χ2v) is 11.7. The molecule has 4 N–H and O–H groups in total. The fourth-order valence-corrected chi connectivity index (χ4v) is 5.62. The van der Waals surface area contributed by atoms with Crippen LogP contribution in [0.5, 0.6) is 0 Å². The number of H-pyrrole nitrogens is 2. The third-order valence-electron chi connectivity index (χ3n) is 7.22. The number of fused-ring (bicyclic) bond motifs is 2. The van der Waals surface area contributed by atoms with E-state index in [0.717, 1.165) is 61.4 Å². The maximum Gasteiger partial charge on any atom is 0.269 e. The number of aryl methyl sites for hydroxylation is 3. The highest BCUT2D eigenvalue weighted by atomic mass is 32.1. The average molecular weight is 651 g/mol. The number of carbonyl (C=O) groups is 2. The van der Waals surface area contributed by atoms with Gasteiger partial charge in [-0.2, -0.15) is 10.2 Å². The zero-order valence-corrected chi connectivity index (χ0v) is 25.7. The van der Waals surface area contributed by atoms with Gasteiger partial charge in [-0.05, 0) is 84.6 Å². The number of rotatable bonds is 8. The topological polar surface area (TPSA) is 141 Å². The van der Waals surface area contributed by atoms with E-state index in [2.05, 4.69) is 47.5 Å². The van der Waals surface area contributed by atoms with Crippen LogP contribution < -0.4 is 10.9 Å². The van der Waals surface area contributed by atoms with Crippen molar-refractivity contribution in [2.24, 2.45) is 0 Å². The second kappa shape index (κ2) is 14.5. The maximum absolute atomic E-state index is 13.2. The summed E-state index contributed by atoms with van der Waals surface area (Å²) in [5.74, 6) is -1.31. The molecule has 7 rings (SSSR count). The number of nitrogens with zero attached hydrogens (tertiary/aromatic N) is 4. The highest BCUT2D eigenvalue weighted by Gasteiger charge is 2.10. The van der Waals surface area contributed by atoms with E-state index in [0.29, 0.717) is 12.0 Å². The summed E-state index contributed by atoms with van der Waals surface area (Å²) in [5, 5.41) is 25.9. The molecule has 0 bridgehead atoms. The van der Waals surface area contributed by atoms with Gasteiger partial charge in [0.15, 0.2) is 0 Å². The minimum atomic E-state index is -0.419. The normalized spacial score (nSPS) is 10.9. The van der Waals surface area contributed by atoms with Crippen molar-refractivity contribution in [3.05, 3.63) is 131 Å². The van der Waals surface area contributed by atoms with E-state index < -0.39 is 5.91 Å². The number of halogens is 2. The lowest BCUT2D eigenvalue weighted by Gasteiger charge is -2.07. The maximum atomic E-state index is 13.2. The smallest absolute Gasteiger partial charge is 0.269 e. The number of hydrogen-bond donors (Lipinski definition) is 4. The number of amides is 2. The molecule has 4 aromatic carbocycles. The predicted molar refractivity (Wildman–Crippen MR) is 175 cm³/mol. The number of aromatic amines is 2.